The highest BCUT2D eigenvalue weighted by Gasteiger charge is 2.22. The summed E-state index contributed by atoms with van der Waals surface area (Å²) >= 11 is 0. The Bertz CT molecular complexity index is 417. The molecule has 2 rings (SSSR count). The number of benzene rings is 1. The van der Waals surface area contributed by atoms with Crippen molar-refractivity contribution in [1.82, 2.24) is 10.6 Å². The van der Waals surface area contributed by atoms with Crippen molar-refractivity contribution in [3.8, 4) is 0 Å². The Labute approximate surface area is 145 Å². The number of rotatable bonds is 7. The van der Waals surface area contributed by atoms with Crippen LogP contribution in [0.2, 0.25) is 0 Å². The summed E-state index contributed by atoms with van der Waals surface area (Å²) in [6.07, 6.45) is 2.69. The summed E-state index contributed by atoms with van der Waals surface area (Å²) in [4.78, 5) is 14.1. The molecule has 1 aromatic rings. The van der Waals surface area contributed by atoms with Crippen LogP contribution in [0.5, 0.6) is 0 Å². The normalized spacial score (nSPS) is 16.6. The lowest BCUT2D eigenvalue weighted by Crippen LogP contribution is -2.31. The molecule has 1 aliphatic heterocycles. The van der Waals surface area contributed by atoms with Gasteiger partial charge >= 0.3 is 0 Å². The third kappa shape index (κ3) is 6.86. The molecule has 1 aromatic carbocycles. The number of hydrogen-bond donors (Lipinski definition) is 2. The Hall–Kier alpha value is -0.970. The van der Waals surface area contributed by atoms with Crippen LogP contribution in [-0.4, -0.2) is 39.1 Å². The zero-order valence-electron chi connectivity index (χ0n) is 13.1. The minimum atomic E-state index is 0. The summed E-state index contributed by atoms with van der Waals surface area (Å²) in [7, 11) is 1.91. The van der Waals surface area contributed by atoms with Crippen molar-refractivity contribution in [1.29, 1.82) is 0 Å². The quantitative estimate of drug-likeness (QED) is 0.744. The van der Waals surface area contributed by atoms with E-state index in [1.54, 1.807) is 0 Å². The van der Waals surface area contributed by atoms with Gasteiger partial charge in [0.05, 0.1) is 0 Å². The standard InChI is InChI=1S/C16H25N3O.2ClH/c1-17-10-5-8-16(20)18-12-14-9-11-19(13-14)15-6-3-2-4-7-15;;/h2-4,6-7,14,17H,5,8-13H2,1H3,(H,18,20);2*1H. The first-order valence-electron chi connectivity index (χ1n) is 7.51. The van der Waals surface area contributed by atoms with Crippen LogP contribution < -0.4 is 15.5 Å². The third-order valence-electron chi connectivity index (χ3n) is 3.83. The number of hydrogen-bond acceptors (Lipinski definition) is 3. The molecule has 1 saturated heterocycles. The van der Waals surface area contributed by atoms with E-state index in [2.05, 4.69) is 39.8 Å². The monoisotopic (exact) mass is 347 g/mol. The number of amides is 1. The van der Waals surface area contributed by atoms with Crippen LogP contribution in [0.1, 0.15) is 19.3 Å². The maximum atomic E-state index is 11.7. The van der Waals surface area contributed by atoms with Gasteiger partial charge in [-0.3, -0.25) is 4.79 Å². The summed E-state index contributed by atoms with van der Waals surface area (Å²) in [5.74, 6) is 0.752. The molecule has 0 aromatic heterocycles. The van der Waals surface area contributed by atoms with Gasteiger partial charge in [0.2, 0.25) is 5.91 Å². The molecule has 2 N–H and O–H groups in total. The largest absolute Gasteiger partial charge is 0.371 e. The topological polar surface area (TPSA) is 44.4 Å². The molecule has 1 unspecified atom stereocenters. The fraction of sp³-hybridized carbons (Fsp3) is 0.562. The summed E-state index contributed by atoms with van der Waals surface area (Å²) in [5, 5.41) is 6.12. The van der Waals surface area contributed by atoms with Gasteiger partial charge in [-0.25, -0.2) is 0 Å². The fourth-order valence-electron chi connectivity index (χ4n) is 2.64. The van der Waals surface area contributed by atoms with Gasteiger partial charge in [-0.2, -0.15) is 0 Å². The van der Waals surface area contributed by atoms with Gasteiger partial charge in [0.1, 0.15) is 0 Å². The summed E-state index contributed by atoms with van der Waals surface area (Å²) in [6.45, 7) is 3.84. The van der Waals surface area contributed by atoms with Crippen LogP contribution >= 0.6 is 24.8 Å². The first kappa shape index (κ1) is 21.0. The van der Waals surface area contributed by atoms with Crippen molar-refractivity contribution >= 4 is 36.4 Å². The second kappa shape index (κ2) is 11.6. The van der Waals surface area contributed by atoms with Crippen molar-refractivity contribution in [2.24, 2.45) is 5.92 Å². The molecule has 1 amide bonds. The minimum Gasteiger partial charge on any atom is -0.371 e. The van der Waals surface area contributed by atoms with Gasteiger partial charge in [-0.15, -0.1) is 24.8 Å². The van der Waals surface area contributed by atoms with Crippen molar-refractivity contribution in [2.45, 2.75) is 19.3 Å². The second-order valence-electron chi connectivity index (χ2n) is 5.45. The van der Waals surface area contributed by atoms with Crippen molar-refractivity contribution in [3.63, 3.8) is 0 Å². The van der Waals surface area contributed by atoms with Crippen LogP contribution in [0.15, 0.2) is 30.3 Å². The average molecular weight is 348 g/mol. The van der Waals surface area contributed by atoms with Crippen LogP contribution in [-0.2, 0) is 4.79 Å². The maximum Gasteiger partial charge on any atom is 0.220 e. The van der Waals surface area contributed by atoms with E-state index in [1.165, 1.54) is 5.69 Å². The Morgan fingerprint density at radius 1 is 1.27 bits per heavy atom. The summed E-state index contributed by atoms with van der Waals surface area (Å²) in [5.41, 5.74) is 1.29. The fourth-order valence-corrected chi connectivity index (χ4v) is 2.64. The molecule has 4 nitrogen and oxygen atoms in total. The molecular weight excluding hydrogens is 321 g/mol. The molecule has 1 heterocycles. The Kier molecular flexibility index (Phi) is 11.1. The van der Waals surface area contributed by atoms with Crippen molar-refractivity contribution in [2.75, 3.05) is 38.1 Å². The lowest BCUT2D eigenvalue weighted by Gasteiger charge is -2.18. The van der Waals surface area contributed by atoms with E-state index in [0.717, 1.165) is 39.0 Å². The van der Waals surface area contributed by atoms with E-state index in [-0.39, 0.29) is 30.7 Å². The highest BCUT2D eigenvalue weighted by atomic mass is 35.5. The van der Waals surface area contributed by atoms with Crippen molar-refractivity contribution in [3.05, 3.63) is 30.3 Å². The molecule has 6 heteroatoms. The molecule has 0 bridgehead atoms. The zero-order valence-corrected chi connectivity index (χ0v) is 14.7. The Morgan fingerprint density at radius 2 is 2.00 bits per heavy atom. The van der Waals surface area contributed by atoms with Gasteiger partial charge in [0, 0.05) is 31.7 Å². The molecular formula is C16H27Cl2N3O. The highest BCUT2D eigenvalue weighted by Crippen LogP contribution is 2.22. The van der Waals surface area contributed by atoms with E-state index in [4.69, 9.17) is 0 Å². The Balaban J connectivity index is 0.00000220. The van der Waals surface area contributed by atoms with Gasteiger partial charge in [-0.05, 0) is 44.5 Å². The predicted octanol–water partition coefficient (Wildman–Crippen LogP) is 2.47. The van der Waals surface area contributed by atoms with Gasteiger partial charge in [0.25, 0.3) is 0 Å². The average Bonchev–Trinajstić information content (AvgIpc) is 2.95. The molecule has 1 atom stereocenters. The van der Waals surface area contributed by atoms with E-state index in [9.17, 15) is 4.79 Å². The number of carbonyl (C=O) groups excluding carboxylic acids is 1. The lowest BCUT2D eigenvalue weighted by molar-refractivity contribution is -0.121. The van der Waals surface area contributed by atoms with E-state index in [0.29, 0.717) is 12.3 Å². The maximum absolute atomic E-state index is 11.7. The predicted molar refractivity (Wildman–Crippen MR) is 97.4 cm³/mol. The van der Waals surface area contributed by atoms with E-state index >= 15 is 0 Å². The number of anilines is 1. The second-order valence-corrected chi connectivity index (χ2v) is 5.45. The number of nitrogens with zero attached hydrogens (tertiary/aromatic N) is 1. The highest BCUT2D eigenvalue weighted by molar-refractivity contribution is 5.85. The van der Waals surface area contributed by atoms with Gasteiger partial charge < -0.3 is 15.5 Å². The minimum absolute atomic E-state index is 0. The first-order valence-corrected chi connectivity index (χ1v) is 7.51. The van der Waals surface area contributed by atoms with Gasteiger partial charge in [-0.1, -0.05) is 18.2 Å². The number of nitrogens with one attached hydrogen (secondary N) is 2. The molecule has 0 aliphatic carbocycles. The molecule has 1 aliphatic rings. The molecule has 0 saturated carbocycles. The molecule has 1 fully saturated rings. The van der Waals surface area contributed by atoms with E-state index in [1.807, 2.05) is 13.1 Å². The summed E-state index contributed by atoms with van der Waals surface area (Å²) < 4.78 is 0. The summed E-state index contributed by atoms with van der Waals surface area (Å²) in [6, 6.07) is 10.5. The van der Waals surface area contributed by atoms with Crippen molar-refractivity contribution < 1.29 is 4.79 Å². The van der Waals surface area contributed by atoms with E-state index < -0.39 is 0 Å². The molecule has 22 heavy (non-hydrogen) atoms. The SMILES string of the molecule is CNCCCC(=O)NCC1CCN(c2ccccc2)C1.Cl.Cl. The lowest BCUT2D eigenvalue weighted by atomic mass is 10.1. The Morgan fingerprint density at radius 3 is 2.68 bits per heavy atom. The number of carbonyl (C=O) groups is 1. The first-order chi connectivity index (χ1) is 9.79. The van der Waals surface area contributed by atoms with Crippen LogP contribution in [0.3, 0.4) is 0 Å². The van der Waals surface area contributed by atoms with Crippen LogP contribution in [0.4, 0.5) is 5.69 Å². The van der Waals surface area contributed by atoms with Crippen LogP contribution in [0.25, 0.3) is 0 Å². The molecule has 0 radical (unpaired) electrons. The number of halogens is 2. The van der Waals surface area contributed by atoms with Gasteiger partial charge in [0.15, 0.2) is 0 Å². The number of para-hydroxylation sites is 1. The third-order valence-corrected chi connectivity index (χ3v) is 3.83. The van der Waals surface area contributed by atoms with Crippen LogP contribution in [0, 0.1) is 5.92 Å². The molecule has 126 valence electrons. The smallest absolute Gasteiger partial charge is 0.220 e. The zero-order chi connectivity index (χ0) is 14.2. The molecule has 0 spiro atoms.